The molecule has 0 aromatic heterocycles. The second kappa shape index (κ2) is 4.16. The van der Waals surface area contributed by atoms with Crippen LogP contribution in [0.5, 0.6) is 0 Å². The van der Waals surface area contributed by atoms with Gasteiger partial charge in [-0.25, -0.2) is 8.42 Å². The highest BCUT2D eigenvalue weighted by Crippen LogP contribution is 2.33. The maximum Gasteiger partial charge on any atom is 0.158 e. The van der Waals surface area contributed by atoms with Gasteiger partial charge in [0.2, 0.25) is 0 Å². The van der Waals surface area contributed by atoms with Gasteiger partial charge in [-0.2, -0.15) is 0 Å². The zero-order chi connectivity index (χ0) is 10.8. The van der Waals surface area contributed by atoms with Crippen LogP contribution in [0, 0.1) is 0 Å². The van der Waals surface area contributed by atoms with Crippen molar-refractivity contribution in [2.75, 3.05) is 18.9 Å². The van der Waals surface area contributed by atoms with Crippen molar-refractivity contribution < 1.29 is 13.2 Å². The van der Waals surface area contributed by atoms with E-state index in [4.69, 9.17) is 10.5 Å². The molecule has 0 spiro atoms. The standard InChI is InChI=1S/C9H19NO3S/c1-9(2)8(13-6-3-5-10)4-7-14(9,11)12/h8H,3-7,10H2,1-2H3. The molecule has 0 aromatic rings. The summed E-state index contributed by atoms with van der Waals surface area (Å²) in [5.74, 6) is 0.243. The van der Waals surface area contributed by atoms with Crippen LogP contribution in [0.2, 0.25) is 0 Å². The number of sulfone groups is 1. The summed E-state index contributed by atoms with van der Waals surface area (Å²) in [6.07, 6.45) is 1.23. The van der Waals surface area contributed by atoms with Gasteiger partial charge in [-0.1, -0.05) is 0 Å². The Morgan fingerprint density at radius 1 is 1.50 bits per heavy atom. The van der Waals surface area contributed by atoms with E-state index in [1.807, 2.05) is 0 Å². The number of ether oxygens (including phenoxy) is 1. The van der Waals surface area contributed by atoms with Crippen LogP contribution in [0.3, 0.4) is 0 Å². The highest BCUT2D eigenvalue weighted by molar-refractivity contribution is 7.93. The fraction of sp³-hybridized carbons (Fsp3) is 1.00. The lowest BCUT2D eigenvalue weighted by atomic mass is 10.0. The third-order valence-electron chi connectivity index (χ3n) is 2.89. The number of hydrogen-bond donors (Lipinski definition) is 1. The second-order valence-electron chi connectivity index (χ2n) is 4.21. The normalized spacial score (nSPS) is 29.2. The maximum atomic E-state index is 11.6. The monoisotopic (exact) mass is 221 g/mol. The molecule has 1 heterocycles. The van der Waals surface area contributed by atoms with Crippen molar-refractivity contribution >= 4 is 9.84 Å². The Morgan fingerprint density at radius 3 is 2.57 bits per heavy atom. The minimum absolute atomic E-state index is 0.168. The molecule has 0 radical (unpaired) electrons. The topological polar surface area (TPSA) is 69.4 Å². The van der Waals surface area contributed by atoms with Gasteiger partial charge in [-0.3, -0.25) is 0 Å². The van der Waals surface area contributed by atoms with Crippen molar-refractivity contribution in [1.29, 1.82) is 0 Å². The minimum Gasteiger partial charge on any atom is -0.377 e. The summed E-state index contributed by atoms with van der Waals surface area (Å²) in [5.41, 5.74) is 5.34. The third kappa shape index (κ3) is 2.10. The average molecular weight is 221 g/mol. The summed E-state index contributed by atoms with van der Waals surface area (Å²) >= 11 is 0. The number of hydrogen-bond acceptors (Lipinski definition) is 4. The average Bonchev–Trinajstić information content (AvgIpc) is 2.27. The first-order chi connectivity index (χ1) is 6.42. The fourth-order valence-corrected chi connectivity index (χ4v) is 3.30. The molecule has 1 rings (SSSR count). The molecule has 1 atom stereocenters. The van der Waals surface area contributed by atoms with Crippen LogP contribution in [0.15, 0.2) is 0 Å². The predicted octanol–water partition coefficient (Wildman–Crippen LogP) is 0.318. The lowest BCUT2D eigenvalue weighted by molar-refractivity contribution is 0.0357. The molecule has 0 bridgehead atoms. The summed E-state index contributed by atoms with van der Waals surface area (Å²) < 4.78 is 28.0. The molecule has 4 nitrogen and oxygen atoms in total. The number of rotatable bonds is 4. The largest absolute Gasteiger partial charge is 0.377 e. The summed E-state index contributed by atoms with van der Waals surface area (Å²) in [6, 6.07) is 0. The van der Waals surface area contributed by atoms with Crippen molar-refractivity contribution in [2.45, 2.75) is 37.5 Å². The Bertz CT molecular complexity index is 284. The van der Waals surface area contributed by atoms with Crippen LogP contribution in [0.4, 0.5) is 0 Å². The van der Waals surface area contributed by atoms with Crippen molar-refractivity contribution in [2.24, 2.45) is 5.73 Å². The molecule has 0 amide bonds. The molecule has 0 aromatic carbocycles. The van der Waals surface area contributed by atoms with Crippen molar-refractivity contribution in [3.05, 3.63) is 0 Å². The van der Waals surface area contributed by atoms with Crippen LogP contribution >= 0.6 is 0 Å². The van der Waals surface area contributed by atoms with Gasteiger partial charge in [0.15, 0.2) is 9.84 Å². The highest BCUT2D eigenvalue weighted by atomic mass is 32.2. The first-order valence-corrected chi connectivity index (χ1v) is 6.61. The fourth-order valence-electron chi connectivity index (χ4n) is 1.67. The van der Waals surface area contributed by atoms with E-state index in [0.717, 1.165) is 6.42 Å². The van der Waals surface area contributed by atoms with Crippen LogP contribution in [-0.4, -0.2) is 38.2 Å². The molecular weight excluding hydrogens is 202 g/mol. The van der Waals surface area contributed by atoms with Gasteiger partial charge >= 0.3 is 0 Å². The van der Waals surface area contributed by atoms with E-state index < -0.39 is 14.6 Å². The van der Waals surface area contributed by atoms with E-state index >= 15 is 0 Å². The van der Waals surface area contributed by atoms with E-state index in [9.17, 15) is 8.42 Å². The lowest BCUT2D eigenvalue weighted by Gasteiger charge is -2.25. The summed E-state index contributed by atoms with van der Waals surface area (Å²) in [5, 5.41) is 0. The lowest BCUT2D eigenvalue weighted by Crippen LogP contribution is -2.39. The quantitative estimate of drug-likeness (QED) is 0.694. The van der Waals surface area contributed by atoms with Crippen LogP contribution in [0.25, 0.3) is 0 Å². The van der Waals surface area contributed by atoms with Crippen LogP contribution in [-0.2, 0) is 14.6 Å². The summed E-state index contributed by atoms with van der Waals surface area (Å²) in [6.45, 7) is 4.62. The third-order valence-corrected chi connectivity index (χ3v) is 5.53. The maximum absolute atomic E-state index is 11.6. The van der Waals surface area contributed by atoms with Gasteiger partial charge in [0.1, 0.15) is 0 Å². The van der Waals surface area contributed by atoms with Crippen molar-refractivity contribution in [3.8, 4) is 0 Å². The SMILES string of the molecule is CC1(C)C(OCCCN)CCS1(=O)=O. The van der Waals surface area contributed by atoms with Crippen LogP contribution in [0.1, 0.15) is 26.7 Å². The van der Waals surface area contributed by atoms with Gasteiger partial charge in [0.05, 0.1) is 16.6 Å². The van der Waals surface area contributed by atoms with E-state index in [1.165, 1.54) is 0 Å². The Balaban J connectivity index is 2.57. The Kier molecular flexibility index (Phi) is 3.55. The van der Waals surface area contributed by atoms with Gasteiger partial charge in [0, 0.05) is 6.61 Å². The van der Waals surface area contributed by atoms with E-state index in [-0.39, 0.29) is 11.9 Å². The Morgan fingerprint density at radius 2 is 2.14 bits per heavy atom. The predicted molar refractivity (Wildman–Crippen MR) is 55.9 cm³/mol. The molecule has 0 saturated carbocycles. The first-order valence-electron chi connectivity index (χ1n) is 4.96. The van der Waals surface area contributed by atoms with Crippen LogP contribution < -0.4 is 5.73 Å². The van der Waals surface area contributed by atoms with Gasteiger partial charge in [0.25, 0.3) is 0 Å². The first kappa shape index (κ1) is 11.9. The number of nitrogens with two attached hydrogens (primary N) is 1. The van der Waals surface area contributed by atoms with Gasteiger partial charge < -0.3 is 10.5 Å². The zero-order valence-electron chi connectivity index (χ0n) is 8.82. The molecule has 1 aliphatic rings. The molecule has 1 aliphatic heterocycles. The Labute approximate surface area is 85.7 Å². The van der Waals surface area contributed by atoms with E-state index in [2.05, 4.69) is 0 Å². The van der Waals surface area contributed by atoms with Gasteiger partial charge in [-0.05, 0) is 33.2 Å². The van der Waals surface area contributed by atoms with E-state index in [0.29, 0.717) is 19.6 Å². The second-order valence-corrected chi connectivity index (χ2v) is 6.90. The molecule has 5 heteroatoms. The Hall–Kier alpha value is -0.130. The smallest absolute Gasteiger partial charge is 0.158 e. The molecule has 0 aliphatic carbocycles. The molecule has 14 heavy (non-hydrogen) atoms. The van der Waals surface area contributed by atoms with Crippen molar-refractivity contribution in [3.63, 3.8) is 0 Å². The summed E-state index contributed by atoms with van der Waals surface area (Å²) in [4.78, 5) is 0. The summed E-state index contributed by atoms with van der Waals surface area (Å²) in [7, 11) is -2.97. The molecule has 84 valence electrons. The molecular formula is C9H19NO3S. The van der Waals surface area contributed by atoms with Gasteiger partial charge in [-0.15, -0.1) is 0 Å². The molecule has 1 fully saturated rings. The zero-order valence-corrected chi connectivity index (χ0v) is 9.64. The minimum atomic E-state index is -2.97. The highest BCUT2D eigenvalue weighted by Gasteiger charge is 2.48. The molecule has 1 saturated heterocycles. The molecule has 2 N–H and O–H groups in total. The van der Waals surface area contributed by atoms with Crippen molar-refractivity contribution in [1.82, 2.24) is 0 Å². The molecule has 1 unspecified atom stereocenters. The van der Waals surface area contributed by atoms with E-state index in [1.54, 1.807) is 13.8 Å².